The number of methoxy groups -OCH3 is 1. The summed E-state index contributed by atoms with van der Waals surface area (Å²) < 4.78 is 4.72. The molecule has 0 spiro atoms. The van der Waals surface area contributed by atoms with Crippen LogP contribution in [0, 0.1) is 11.3 Å². The SMILES string of the molecule is COC(=O)c1ccccc1NC(=O)c1cc(Nc2cccc(C#N)c2)ncn1. The second kappa shape index (κ2) is 8.42. The Balaban J connectivity index is 1.80. The summed E-state index contributed by atoms with van der Waals surface area (Å²) in [4.78, 5) is 32.4. The van der Waals surface area contributed by atoms with Gasteiger partial charge in [0.15, 0.2) is 0 Å². The van der Waals surface area contributed by atoms with Gasteiger partial charge in [0.2, 0.25) is 0 Å². The molecule has 8 nitrogen and oxygen atoms in total. The third-order valence-corrected chi connectivity index (χ3v) is 3.74. The Morgan fingerprint density at radius 3 is 2.68 bits per heavy atom. The molecule has 1 heterocycles. The molecule has 0 fully saturated rings. The second-order valence-electron chi connectivity index (χ2n) is 5.60. The van der Waals surface area contributed by atoms with Crippen LogP contribution in [0.3, 0.4) is 0 Å². The first-order chi connectivity index (χ1) is 13.6. The fourth-order valence-electron chi connectivity index (χ4n) is 2.43. The number of nitrogens with zero attached hydrogens (tertiary/aromatic N) is 3. The van der Waals surface area contributed by atoms with Gasteiger partial charge in [-0.25, -0.2) is 14.8 Å². The first-order valence-electron chi connectivity index (χ1n) is 8.18. The highest BCUT2D eigenvalue weighted by Gasteiger charge is 2.15. The van der Waals surface area contributed by atoms with Crippen molar-refractivity contribution in [1.29, 1.82) is 5.26 Å². The minimum absolute atomic E-state index is 0.105. The summed E-state index contributed by atoms with van der Waals surface area (Å²) in [5, 5.41) is 14.6. The van der Waals surface area contributed by atoms with Crippen LogP contribution in [0.5, 0.6) is 0 Å². The van der Waals surface area contributed by atoms with Crippen LogP contribution in [0.4, 0.5) is 17.2 Å². The number of para-hydroxylation sites is 1. The van der Waals surface area contributed by atoms with Crippen molar-refractivity contribution in [2.45, 2.75) is 0 Å². The van der Waals surface area contributed by atoms with Gasteiger partial charge in [0.25, 0.3) is 5.91 Å². The van der Waals surface area contributed by atoms with Crippen molar-refractivity contribution in [2.75, 3.05) is 17.7 Å². The summed E-state index contributed by atoms with van der Waals surface area (Å²) in [5.41, 5.74) is 1.80. The van der Waals surface area contributed by atoms with Crippen molar-refractivity contribution < 1.29 is 14.3 Å². The van der Waals surface area contributed by atoms with Gasteiger partial charge in [0.1, 0.15) is 17.8 Å². The molecule has 0 unspecified atom stereocenters. The number of hydrogen-bond donors (Lipinski definition) is 2. The zero-order valence-corrected chi connectivity index (χ0v) is 14.8. The van der Waals surface area contributed by atoms with Gasteiger partial charge < -0.3 is 15.4 Å². The van der Waals surface area contributed by atoms with E-state index in [0.717, 1.165) is 0 Å². The number of anilines is 3. The predicted molar refractivity (Wildman–Crippen MR) is 102 cm³/mol. The molecular formula is C20H15N5O3. The normalized spacial score (nSPS) is 9.86. The molecule has 28 heavy (non-hydrogen) atoms. The third-order valence-electron chi connectivity index (χ3n) is 3.74. The van der Waals surface area contributed by atoms with E-state index in [4.69, 9.17) is 10.00 Å². The highest BCUT2D eigenvalue weighted by molar-refractivity contribution is 6.07. The maximum Gasteiger partial charge on any atom is 0.339 e. The minimum atomic E-state index is -0.557. The second-order valence-corrected chi connectivity index (χ2v) is 5.60. The Morgan fingerprint density at radius 2 is 1.89 bits per heavy atom. The summed E-state index contributed by atoms with van der Waals surface area (Å²) >= 11 is 0. The Hall–Kier alpha value is -4.25. The topological polar surface area (TPSA) is 117 Å². The molecule has 1 amide bonds. The van der Waals surface area contributed by atoms with Crippen LogP contribution in [0.1, 0.15) is 26.4 Å². The largest absolute Gasteiger partial charge is 0.465 e. The summed E-state index contributed by atoms with van der Waals surface area (Å²) in [7, 11) is 1.27. The van der Waals surface area contributed by atoms with Gasteiger partial charge in [-0.15, -0.1) is 0 Å². The molecule has 0 atom stereocenters. The molecule has 3 aromatic rings. The molecule has 2 aromatic carbocycles. The van der Waals surface area contributed by atoms with Crippen LogP contribution >= 0.6 is 0 Å². The molecule has 1 aromatic heterocycles. The number of hydrogen-bond acceptors (Lipinski definition) is 7. The van der Waals surface area contributed by atoms with E-state index in [2.05, 4.69) is 26.7 Å². The van der Waals surface area contributed by atoms with Gasteiger partial charge in [-0.2, -0.15) is 5.26 Å². The number of amides is 1. The average molecular weight is 373 g/mol. The number of ether oxygens (including phenoxy) is 1. The Kier molecular flexibility index (Phi) is 5.58. The van der Waals surface area contributed by atoms with Crippen molar-refractivity contribution in [3.05, 3.63) is 77.7 Å². The van der Waals surface area contributed by atoms with Gasteiger partial charge in [-0.1, -0.05) is 18.2 Å². The smallest absolute Gasteiger partial charge is 0.339 e. The molecule has 0 bridgehead atoms. The average Bonchev–Trinajstić information content (AvgIpc) is 2.74. The van der Waals surface area contributed by atoms with Crippen LogP contribution in [0.2, 0.25) is 0 Å². The minimum Gasteiger partial charge on any atom is -0.465 e. The molecule has 8 heteroatoms. The number of rotatable bonds is 5. The number of benzene rings is 2. The van der Waals surface area contributed by atoms with E-state index in [1.54, 1.807) is 48.5 Å². The fraction of sp³-hybridized carbons (Fsp3) is 0.0500. The predicted octanol–water partition coefficient (Wildman–Crippen LogP) is 3.13. The van der Waals surface area contributed by atoms with Crippen molar-refractivity contribution >= 4 is 29.1 Å². The third kappa shape index (κ3) is 4.28. The Morgan fingerprint density at radius 1 is 1.07 bits per heavy atom. The summed E-state index contributed by atoms with van der Waals surface area (Å²) in [6, 6.07) is 16.9. The highest BCUT2D eigenvalue weighted by Crippen LogP contribution is 2.19. The number of nitriles is 1. The maximum atomic E-state index is 12.6. The van der Waals surface area contributed by atoms with Crippen molar-refractivity contribution in [2.24, 2.45) is 0 Å². The van der Waals surface area contributed by atoms with Crippen molar-refractivity contribution in [3.63, 3.8) is 0 Å². The van der Waals surface area contributed by atoms with Gasteiger partial charge >= 0.3 is 5.97 Å². The van der Waals surface area contributed by atoms with Crippen LogP contribution in [0.15, 0.2) is 60.9 Å². The van der Waals surface area contributed by atoms with E-state index < -0.39 is 11.9 Å². The maximum absolute atomic E-state index is 12.6. The monoisotopic (exact) mass is 373 g/mol. The first kappa shape index (κ1) is 18.5. The quantitative estimate of drug-likeness (QED) is 0.660. The molecule has 0 saturated heterocycles. The lowest BCUT2D eigenvalue weighted by atomic mass is 10.1. The summed E-state index contributed by atoms with van der Waals surface area (Å²) in [5.74, 6) is -0.678. The number of carbonyl (C=O) groups excluding carboxylic acids is 2. The van der Waals surface area contributed by atoms with E-state index in [1.807, 2.05) is 0 Å². The molecule has 2 N–H and O–H groups in total. The molecule has 0 aliphatic heterocycles. The standard InChI is InChI=1S/C20H15N5O3/c1-28-20(27)15-7-2-3-8-16(15)25-19(26)17-10-18(23-12-22-17)24-14-6-4-5-13(9-14)11-21/h2-10,12H,1H3,(H,25,26)(H,22,23,24). The number of nitrogens with one attached hydrogen (secondary N) is 2. The van der Waals surface area contributed by atoms with Crippen LogP contribution in [-0.4, -0.2) is 29.0 Å². The lowest BCUT2D eigenvalue weighted by Gasteiger charge is -2.10. The van der Waals surface area contributed by atoms with Crippen LogP contribution < -0.4 is 10.6 Å². The lowest BCUT2D eigenvalue weighted by Crippen LogP contribution is -2.17. The van der Waals surface area contributed by atoms with Crippen LogP contribution in [0.25, 0.3) is 0 Å². The fourth-order valence-corrected chi connectivity index (χ4v) is 2.43. The molecule has 0 aliphatic carbocycles. The molecule has 0 aliphatic rings. The van der Waals surface area contributed by atoms with E-state index in [9.17, 15) is 9.59 Å². The molecule has 138 valence electrons. The van der Waals surface area contributed by atoms with Gasteiger partial charge in [0, 0.05) is 11.8 Å². The molecule has 0 radical (unpaired) electrons. The Labute approximate surface area is 160 Å². The van der Waals surface area contributed by atoms with E-state index >= 15 is 0 Å². The molecule has 3 rings (SSSR count). The lowest BCUT2D eigenvalue weighted by molar-refractivity contribution is 0.0602. The van der Waals surface area contributed by atoms with E-state index in [1.165, 1.54) is 19.5 Å². The Bertz CT molecular complexity index is 1080. The van der Waals surface area contributed by atoms with Gasteiger partial charge in [-0.3, -0.25) is 4.79 Å². The first-order valence-corrected chi connectivity index (χ1v) is 8.18. The van der Waals surface area contributed by atoms with Gasteiger partial charge in [0.05, 0.1) is 30.0 Å². The molecule has 0 saturated carbocycles. The van der Waals surface area contributed by atoms with Crippen molar-refractivity contribution in [1.82, 2.24) is 9.97 Å². The number of esters is 1. The van der Waals surface area contributed by atoms with E-state index in [0.29, 0.717) is 22.8 Å². The van der Waals surface area contributed by atoms with E-state index in [-0.39, 0.29) is 11.3 Å². The number of carbonyl (C=O) groups is 2. The summed E-state index contributed by atoms with van der Waals surface area (Å²) in [6.07, 6.45) is 1.25. The van der Waals surface area contributed by atoms with Crippen molar-refractivity contribution in [3.8, 4) is 6.07 Å². The van der Waals surface area contributed by atoms with Gasteiger partial charge in [-0.05, 0) is 30.3 Å². The zero-order chi connectivity index (χ0) is 19.9. The van der Waals surface area contributed by atoms with Crippen LogP contribution in [-0.2, 0) is 4.74 Å². The summed E-state index contributed by atoms with van der Waals surface area (Å²) in [6.45, 7) is 0. The molecular weight excluding hydrogens is 358 g/mol. The number of aromatic nitrogens is 2. The zero-order valence-electron chi connectivity index (χ0n) is 14.8. The highest BCUT2D eigenvalue weighted by atomic mass is 16.5.